The fourth-order valence-corrected chi connectivity index (χ4v) is 4.79. The van der Waals surface area contributed by atoms with Crippen molar-refractivity contribution in [2.45, 2.75) is 0 Å². The molecule has 1 heterocycles. The van der Waals surface area contributed by atoms with Gasteiger partial charge in [-0.25, -0.2) is 0 Å². The number of rotatable bonds is 2. The first-order chi connectivity index (χ1) is 12.4. The number of fused-ring (bicyclic) bond motifs is 3. The average molecular weight is 336 g/mol. The minimum atomic E-state index is 1.28. The van der Waals surface area contributed by atoms with Gasteiger partial charge in [0.05, 0.1) is 0 Å². The standard InChI is InChI=1S/C24H16S/c1-3-10-18(11-4-1)22-23-20-14-8-7-9-17(20)15-16-21(23)25-24(22)19-12-5-2-6-13-19/h1-16H. The summed E-state index contributed by atoms with van der Waals surface area (Å²) in [6.45, 7) is 0. The Balaban J connectivity index is 1.96. The maximum absolute atomic E-state index is 2.27. The smallest absolute Gasteiger partial charge is 0.0434 e. The van der Waals surface area contributed by atoms with E-state index in [-0.39, 0.29) is 0 Å². The molecular weight excluding hydrogens is 320 g/mol. The van der Waals surface area contributed by atoms with Crippen molar-refractivity contribution >= 4 is 32.2 Å². The zero-order chi connectivity index (χ0) is 16.6. The van der Waals surface area contributed by atoms with Gasteiger partial charge in [0.2, 0.25) is 0 Å². The van der Waals surface area contributed by atoms with Crippen LogP contribution in [0, 0.1) is 0 Å². The summed E-state index contributed by atoms with van der Waals surface area (Å²) in [7, 11) is 0. The van der Waals surface area contributed by atoms with Gasteiger partial charge in [0.25, 0.3) is 0 Å². The van der Waals surface area contributed by atoms with Gasteiger partial charge in [-0.05, 0) is 28.0 Å². The first-order valence-electron chi connectivity index (χ1n) is 8.47. The van der Waals surface area contributed by atoms with E-state index in [1.807, 2.05) is 11.3 Å². The molecular formula is C24H16S. The van der Waals surface area contributed by atoms with Gasteiger partial charge in [-0.1, -0.05) is 91.0 Å². The number of hydrogen-bond donors (Lipinski definition) is 0. The third-order valence-corrected chi connectivity index (χ3v) is 5.88. The SMILES string of the molecule is c1ccc(-c2sc3ccc4ccccc4c3c2-c2ccccc2)cc1. The van der Waals surface area contributed by atoms with E-state index in [1.54, 1.807) is 0 Å². The van der Waals surface area contributed by atoms with Crippen molar-refractivity contribution in [3.8, 4) is 21.6 Å². The van der Waals surface area contributed by atoms with Crippen molar-refractivity contribution in [2.75, 3.05) is 0 Å². The molecule has 0 bridgehead atoms. The van der Waals surface area contributed by atoms with Crippen LogP contribution >= 0.6 is 11.3 Å². The monoisotopic (exact) mass is 336 g/mol. The van der Waals surface area contributed by atoms with Gasteiger partial charge in [-0.3, -0.25) is 0 Å². The first-order valence-corrected chi connectivity index (χ1v) is 9.28. The van der Waals surface area contributed by atoms with Crippen LogP contribution in [0.1, 0.15) is 0 Å². The number of benzene rings is 4. The molecule has 0 radical (unpaired) electrons. The normalized spacial score (nSPS) is 11.2. The third kappa shape index (κ3) is 2.36. The molecule has 0 aliphatic rings. The van der Waals surface area contributed by atoms with Gasteiger partial charge in [0, 0.05) is 20.5 Å². The molecule has 25 heavy (non-hydrogen) atoms. The molecule has 4 aromatic carbocycles. The Morgan fingerprint density at radius 1 is 0.520 bits per heavy atom. The van der Waals surface area contributed by atoms with Crippen LogP contribution in [-0.2, 0) is 0 Å². The van der Waals surface area contributed by atoms with Crippen molar-refractivity contribution in [1.29, 1.82) is 0 Å². The maximum atomic E-state index is 2.27. The summed E-state index contributed by atoms with van der Waals surface area (Å²) in [5.41, 5.74) is 3.92. The molecule has 0 fully saturated rings. The second kappa shape index (κ2) is 5.87. The summed E-state index contributed by atoms with van der Waals surface area (Å²) in [5, 5.41) is 4.00. The lowest BCUT2D eigenvalue weighted by Gasteiger charge is -2.07. The van der Waals surface area contributed by atoms with Crippen LogP contribution in [0.4, 0.5) is 0 Å². The zero-order valence-electron chi connectivity index (χ0n) is 13.6. The highest BCUT2D eigenvalue weighted by Gasteiger charge is 2.17. The Kier molecular flexibility index (Phi) is 3.39. The van der Waals surface area contributed by atoms with Crippen LogP contribution in [0.2, 0.25) is 0 Å². The molecule has 5 aromatic rings. The predicted octanol–water partition coefficient (Wildman–Crippen LogP) is 7.39. The molecule has 0 N–H and O–H groups in total. The van der Waals surface area contributed by atoms with Crippen molar-refractivity contribution < 1.29 is 0 Å². The Hall–Kier alpha value is -2.90. The van der Waals surface area contributed by atoms with E-state index < -0.39 is 0 Å². The predicted molar refractivity (Wildman–Crippen MR) is 110 cm³/mol. The fraction of sp³-hybridized carbons (Fsp3) is 0. The highest BCUT2D eigenvalue weighted by Crippen LogP contribution is 2.47. The van der Waals surface area contributed by atoms with E-state index >= 15 is 0 Å². The van der Waals surface area contributed by atoms with Gasteiger partial charge in [0.1, 0.15) is 0 Å². The molecule has 1 aromatic heterocycles. The van der Waals surface area contributed by atoms with Gasteiger partial charge in [-0.15, -0.1) is 11.3 Å². The molecule has 0 spiro atoms. The molecule has 0 nitrogen and oxygen atoms in total. The van der Waals surface area contributed by atoms with E-state index in [0.29, 0.717) is 0 Å². The summed E-state index contributed by atoms with van der Waals surface area (Å²) < 4.78 is 1.34. The fourth-order valence-electron chi connectivity index (χ4n) is 3.54. The van der Waals surface area contributed by atoms with Crippen molar-refractivity contribution in [3.63, 3.8) is 0 Å². The lowest BCUT2D eigenvalue weighted by molar-refractivity contribution is 1.66. The minimum absolute atomic E-state index is 1.28. The van der Waals surface area contributed by atoms with Gasteiger partial charge >= 0.3 is 0 Å². The summed E-state index contributed by atoms with van der Waals surface area (Å²) >= 11 is 1.89. The quantitative estimate of drug-likeness (QED) is 0.315. The van der Waals surface area contributed by atoms with E-state index in [4.69, 9.17) is 0 Å². The first kappa shape index (κ1) is 14.4. The Morgan fingerprint density at radius 3 is 1.92 bits per heavy atom. The highest BCUT2D eigenvalue weighted by molar-refractivity contribution is 7.23. The van der Waals surface area contributed by atoms with Crippen LogP contribution in [0.3, 0.4) is 0 Å². The third-order valence-electron chi connectivity index (χ3n) is 4.68. The summed E-state index contributed by atoms with van der Waals surface area (Å²) in [4.78, 5) is 1.35. The van der Waals surface area contributed by atoms with Crippen LogP contribution in [0.15, 0.2) is 97.1 Å². The average Bonchev–Trinajstić information content (AvgIpc) is 3.09. The molecule has 0 atom stereocenters. The number of hydrogen-bond acceptors (Lipinski definition) is 1. The summed E-state index contributed by atoms with van der Waals surface area (Å²) in [6, 6.07) is 34.7. The summed E-state index contributed by atoms with van der Waals surface area (Å²) in [5.74, 6) is 0. The lowest BCUT2D eigenvalue weighted by Crippen LogP contribution is -1.81. The highest BCUT2D eigenvalue weighted by atomic mass is 32.1. The molecule has 0 aliphatic heterocycles. The number of thiophene rings is 1. The van der Waals surface area contributed by atoms with Crippen LogP contribution < -0.4 is 0 Å². The summed E-state index contributed by atoms with van der Waals surface area (Å²) in [6.07, 6.45) is 0. The lowest BCUT2D eigenvalue weighted by atomic mass is 9.95. The van der Waals surface area contributed by atoms with Crippen molar-refractivity contribution in [3.05, 3.63) is 97.1 Å². The molecule has 0 amide bonds. The van der Waals surface area contributed by atoms with E-state index in [2.05, 4.69) is 97.1 Å². The van der Waals surface area contributed by atoms with Crippen LogP contribution in [0.25, 0.3) is 42.4 Å². The largest absolute Gasteiger partial charge is 0.135 e. The second-order valence-electron chi connectivity index (χ2n) is 6.20. The Labute approximate surface area is 151 Å². The van der Waals surface area contributed by atoms with E-state index in [0.717, 1.165) is 0 Å². The molecule has 0 saturated carbocycles. The molecule has 0 saturated heterocycles. The van der Waals surface area contributed by atoms with Gasteiger partial charge in [-0.2, -0.15) is 0 Å². The maximum Gasteiger partial charge on any atom is 0.0434 e. The zero-order valence-corrected chi connectivity index (χ0v) is 14.5. The topological polar surface area (TPSA) is 0 Å². The van der Waals surface area contributed by atoms with Crippen molar-refractivity contribution in [2.24, 2.45) is 0 Å². The molecule has 1 heteroatoms. The van der Waals surface area contributed by atoms with Crippen LogP contribution in [-0.4, -0.2) is 0 Å². The molecule has 5 rings (SSSR count). The van der Waals surface area contributed by atoms with Crippen molar-refractivity contribution in [1.82, 2.24) is 0 Å². The van der Waals surface area contributed by atoms with Crippen LogP contribution in [0.5, 0.6) is 0 Å². The Bertz CT molecular complexity index is 1170. The van der Waals surface area contributed by atoms with E-state index in [9.17, 15) is 0 Å². The van der Waals surface area contributed by atoms with Gasteiger partial charge < -0.3 is 0 Å². The second-order valence-corrected chi connectivity index (χ2v) is 7.25. The molecule has 118 valence electrons. The molecule has 0 aliphatic carbocycles. The minimum Gasteiger partial charge on any atom is -0.135 e. The Morgan fingerprint density at radius 2 is 1.16 bits per heavy atom. The van der Waals surface area contributed by atoms with E-state index in [1.165, 1.54) is 42.4 Å². The van der Waals surface area contributed by atoms with Gasteiger partial charge in [0.15, 0.2) is 0 Å². The molecule has 0 unspecified atom stereocenters.